The van der Waals surface area contributed by atoms with Gasteiger partial charge < -0.3 is 31.0 Å². The van der Waals surface area contributed by atoms with Gasteiger partial charge in [-0.15, -0.1) is 0 Å². The van der Waals surface area contributed by atoms with Crippen molar-refractivity contribution in [3.05, 3.63) is 30.1 Å². The van der Waals surface area contributed by atoms with Crippen LogP contribution in [0.4, 0.5) is 0 Å². The van der Waals surface area contributed by atoms with Gasteiger partial charge >= 0.3 is 7.32 Å². The minimum atomic E-state index is -2.17. The van der Waals surface area contributed by atoms with Crippen molar-refractivity contribution in [3.63, 3.8) is 0 Å². The van der Waals surface area contributed by atoms with E-state index in [9.17, 15) is 0 Å². The van der Waals surface area contributed by atoms with Gasteiger partial charge in [-0.05, 0) is 39.8 Å². The van der Waals surface area contributed by atoms with Crippen LogP contribution in [0.1, 0.15) is 33.4 Å². The van der Waals surface area contributed by atoms with Crippen LogP contribution < -0.4 is 5.73 Å². The van der Waals surface area contributed by atoms with Crippen LogP contribution in [-0.4, -0.2) is 54.6 Å². The summed E-state index contributed by atoms with van der Waals surface area (Å²) >= 11 is 0. The second kappa shape index (κ2) is 9.43. The fourth-order valence-corrected chi connectivity index (χ4v) is 0.522. The van der Waals surface area contributed by atoms with Gasteiger partial charge in [-0.2, -0.15) is 0 Å². The first-order chi connectivity index (χ1) is 9.29. The lowest BCUT2D eigenvalue weighted by molar-refractivity contribution is -0.107. The zero-order valence-electron chi connectivity index (χ0n) is 12.6. The van der Waals surface area contributed by atoms with E-state index in [0.29, 0.717) is 5.69 Å². The molecular weight excluding hydrogens is 277 g/mol. The molecule has 0 spiro atoms. The van der Waals surface area contributed by atoms with E-state index in [1.54, 1.807) is 52.1 Å². The largest absolute Gasteiger partial charge is 0.631 e. The topological polar surface area (TPSA) is 164 Å². The summed E-state index contributed by atoms with van der Waals surface area (Å²) in [5, 5.41) is 46.7. The number of pyridine rings is 1. The third-order valence-electron chi connectivity index (χ3n) is 2.44. The van der Waals surface area contributed by atoms with E-state index < -0.39 is 18.5 Å². The number of aromatic nitrogens is 1. The summed E-state index contributed by atoms with van der Waals surface area (Å²) in [4.78, 5) is 3.83. The van der Waals surface area contributed by atoms with Gasteiger partial charge in [-0.25, -0.2) is 0 Å². The van der Waals surface area contributed by atoms with Crippen LogP contribution in [0.5, 0.6) is 0 Å². The Morgan fingerprint density at radius 3 is 1.62 bits per heavy atom. The maximum atomic E-state index is 9.10. The summed E-state index contributed by atoms with van der Waals surface area (Å²) in [5.41, 5.74) is 3.65. The zero-order valence-corrected chi connectivity index (χ0v) is 12.6. The summed E-state index contributed by atoms with van der Waals surface area (Å²) in [6, 6.07) is 5.28. The van der Waals surface area contributed by atoms with Crippen LogP contribution in [0.3, 0.4) is 0 Å². The SMILES string of the molecule is CC(C)(O)C(C)(C)O.N=C(N)c1ccccn1.OB(O)O. The number of hydrogen-bond donors (Lipinski definition) is 7. The minimum absolute atomic E-state index is 0.00981. The van der Waals surface area contributed by atoms with E-state index in [1.807, 2.05) is 0 Å². The van der Waals surface area contributed by atoms with Crippen LogP contribution in [0.15, 0.2) is 24.4 Å². The molecule has 120 valence electrons. The van der Waals surface area contributed by atoms with Crippen molar-refractivity contribution in [1.29, 1.82) is 5.41 Å². The van der Waals surface area contributed by atoms with Gasteiger partial charge in [0.1, 0.15) is 11.5 Å². The number of aliphatic hydroxyl groups is 2. The van der Waals surface area contributed by atoms with Crippen LogP contribution in [0.25, 0.3) is 0 Å². The molecule has 21 heavy (non-hydrogen) atoms. The standard InChI is InChI=1S/C6H7N3.C6H14O2.BH3O3/c7-6(8)5-3-1-2-4-9-5;1-5(2,7)6(3,4)8;2-1(3)4/h1-4H,(H3,7,8);7-8H,1-4H3;2-4H. The van der Waals surface area contributed by atoms with Crippen molar-refractivity contribution in [2.24, 2.45) is 5.73 Å². The van der Waals surface area contributed by atoms with Crippen molar-refractivity contribution >= 4 is 13.2 Å². The van der Waals surface area contributed by atoms with Gasteiger partial charge in [0.05, 0.1) is 11.2 Å². The van der Waals surface area contributed by atoms with Gasteiger partial charge in [-0.3, -0.25) is 10.4 Å². The second-order valence-electron chi connectivity index (χ2n) is 5.09. The first kappa shape index (κ1) is 21.8. The third-order valence-corrected chi connectivity index (χ3v) is 2.44. The Bertz CT molecular complexity index is 387. The van der Waals surface area contributed by atoms with E-state index in [-0.39, 0.29) is 5.84 Å². The third kappa shape index (κ3) is 13.2. The molecule has 0 radical (unpaired) electrons. The Morgan fingerprint density at radius 1 is 1.10 bits per heavy atom. The summed E-state index contributed by atoms with van der Waals surface area (Å²) < 4.78 is 0. The lowest BCUT2D eigenvalue weighted by Gasteiger charge is -2.31. The molecule has 0 saturated heterocycles. The molecule has 1 aromatic rings. The van der Waals surface area contributed by atoms with Gasteiger partial charge in [0.25, 0.3) is 0 Å². The number of nitrogens with two attached hydrogens (primary N) is 1. The number of amidine groups is 1. The second-order valence-corrected chi connectivity index (χ2v) is 5.09. The van der Waals surface area contributed by atoms with E-state index in [0.717, 1.165) is 0 Å². The number of nitrogen functional groups attached to an aromatic ring is 1. The molecule has 0 unspecified atom stereocenters. The van der Waals surface area contributed by atoms with E-state index in [4.69, 9.17) is 36.4 Å². The first-order valence-electron chi connectivity index (χ1n) is 6.03. The summed E-state index contributed by atoms with van der Waals surface area (Å²) in [6.45, 7) is 6.31. The fourth-order valence-electron chi connectivity index (χ4n) is 0.522. The summed E-state index contributed by atoms with van der Waals surface area (Å²) in [5.74, 6) is 0.00981. The average molecular weight is 301 g/mol. The molecule has 0 amide bonds. The maximum Gasteiger partial charge on any atom is 0.631 e. The molecular formula is C12H24BN3O5. The molecule has 0 aliphatic heterocycles. The molecule has 0 aliphatic carbocycles. The van der Waals surface area contributed by atoms with E-state index in [1.165, 1.54) is 0 Å². The monoisotopic (exact) mass is 301 g/mol. The molecule has 8 nitrogen and oxygen atoms in total. The Labute approximate surface area is 124 Å². The number of hydrogen-bond acceptors (Lipinski definition) is 7. The van der Waals surface area contributed by atoms with Gasteiger partial charge in [0.2, 0.25) is 0 Å². The Hall–Kier alpha value is -1.52. The molecule has 0 fully saturated rings. The highest BCUT2D eigenvalue weighted by atomic mass is 16.5. The van der Waals surface area contributed by atoms with Crippen molar-refractivity contribution in [3.8, 4) is 0 Å². The first-order valence-corrected chi connectivity index (χ1v) is 6.03. The zero-order chi connectivity index (χ0) is 17.3. The molecule has 1 aromatic heterocycles. The van der Waals surface area contributed by atoms with Crippen molar-refractivity contribution < 1.29 is 25.3 Å². The lowest BCUT2D eigenvalue weighted by atomic mass is 9.90. The molecule has 1 heterocycles. The highest BCUT2D eigenvalue weighted by molar-refractivity contribution is 6.30. The molecule has 0 bridgehead atoms. The average Bonchev–Trinajstić information content (AvgIpc) is 2.27. The molecule has 0 atom stereocenters. The normalized spacial score (nSPS) is 10.5. The lowest BCUT2D eigenvalue weighted by Crippen LogP contribution is -2.44. The summed E-state index contributed by atoms with van der Waals surface area (Å²) in [6.07, 6.45) is 1.61. The predicted molar refractivity (Wildman–Crippen MR) is 80.3 cm³/mol. The van der Waals surface area contributed by atoms with Crippen LogP contribution >= 0.6 is 0 Å². The molecule has 8 N–H and O–H groups in total. The van der Waals surface area contributed by atoms with E-state index >= 15 is 0 Å². The number of nitrogens with zero attached hydrogens (tertiary/aromatic N) is 1. The highest BCUT2D eigenvalue weighted by Gasteiger charge is 2.31. The Kier molecular flexibility index (Phi) is 9.78. The Morgan fingerprint density at radius 2 is 1.48 bits per heavy atom. The fraction of sp³-hybridized carbons (Fsp3) is 0.500. The smallest absolute Gasteiger partial charge is 0.402 e. The maximum absolute atomic E-state index is 9.10. The van der Waals surface area contributed by atoms with Gasteiger partial charge in [0.15, 0.2) is 0 Å². The summed E-state index contributed by atoms with van der Waals surface area (Å²) in [7, 11) is -2.17. The number of rotatable bonds is 2. The predicted octanol–water partition coefficient (Wildman–Crippen LogP) is -1.16. The van der Waals surface area contributed by atoms with Gasteiger partial charge in [-0.1, -0.05) is 6.07 Å². The molecule has 9 heteroatoms. The van der Waals surface area contributed by atoms with Gasteiger partial charge in [0, 0.05) is 6.20 Å². The molecule has 1 rings (SSSR count). The van der Waals surface area contributed by atoms with E-state index in [2.05, 4.69) is 4.98 Å². The Balaban J connectivity index is 0. The van der Waals surface area contributed by atoms with Crippen LogP contribution in [0.2, 0.25) is 0 Å². The van der Waals surface area contributed by atoms with Crippen LogP contribution in [-0.2, 0) is 0 Å². The van der Waals surface area contributed by atoms with Crippen LogP contribution in [0, 0.1) is 5.41 Å². The highest BCUT2D eigenvalue weighted by Crippen LogP contribution is 2.19. The van der Waals surface area contributed by atoms with Crippen molar-refractivity contribution in [2.75, 3.05) is 0 Å². The van der Waals surface area contributed by atoms with Crippen molar-refractivity contribution in [2.45, 2.75) is 38.9 Å². The van der Waals surface area contributed by atoms with Crippen molar-refractivity contribution in [1.82, 2.24) is 4.98 Å². The number of nitrogens with one attached hydrogen (secondary N) is 1. The quantitative estimate of drug-likeness (QED) is 0.206. The minimum Gasteiger partial charge on any atom is -0.402 e. The molecule has 0 aromatic carbocycles. The molecule has 0 aliphatic rings. The molecule has 0 saturated carbocycles.